The van der Waals surface area contributed by atoms with Gasteiger partial charge >= 0.3 is 6.09 Å². The van der Waals surface area contributed by atoms with Crippen LogP contribution in [0.2, 0.25) is 0 Å². The van der Waals surface area contributed by atoms with E-state index in [0.29, 0.717) is 6.07 Å². The van der Waals surface area contributed by atoms with E-state index in [0.717, 1.165) is 11.6 Å². The Hall–Kier alpha value is -2.94. The zero-order valence-electron chi connectivity index (χ0n) is 12.6. The number of halogens is 3. The molecule has 6 heteroatoms. The Balaban J connectivity index is 1.74. The third-order valence-electron chi connectivity index (χ3n) is 2.95. The lowest BCUT2D eigenvalue weighted by atomic mass is 10.2. The molecule has 2 aromatic carbocycles. The number of ether oxygens (including phenoxy) is 1. The Bertz CT molecular complexity index is 767. The maximum absolute atomic E-state index is 13.3. The van der Waals surface area contributed by atoms with E-state index < -0.39 is 23.5 Å². The SMILES string of the molecule is O=C(NCCC#Cc1cc(F)cc(F)c1F)OCc1ccccc1. The van der Waals surface area contributed by atoms with Gasteiger partial charge in [-0.3, -0.25) is 0 Å². The van der Waals surface area contributed by atoms with Crippen molar-refractivity contribution in [3.8, 4) is 11.8 Å². The second-order valence-corrected chi connectivity index (χ2v) is 4.79. The molecule has 0 aliphatic rings. The zero-order valence-corrected chi connectivity index (χ0v) is 12.6. The standard InChI is InChI=1S/C18H14F3NO2/c19-15-10-14(17(21)16(20)11-15)8-4-5-9-22-18(23)24-12-13-6-2-1-3-7-13/h1-3,6-7,10-11H,5,9,12H2,(H,22,23). The molecule has 0 spiro atoms. The van der Waals surface area contributed by atoms with Crippen molar-refractivity contribution in [2.24, 2.45) is 0 Å². The largest absolute Gasteiger partial charge is 0.445 e. The molecule has 0 saturated heterocycles. The molecule has 0 saturated carbocycles. The molecular formula is C18H14F3NO2. The maximum Gasteiger partial charge on any atom is 0.407 e. The summed E-state index contributed by atoms with van der Waals surface area (Å²) in [4.78, 5) is 11.5. The lowest BCUT2D eigenvalue weighted by Crippen LogP contribution is -2.24. The molecule has 124 valence electrons. The van der Waals surface area contributed by atoms with Crippen LogP contribution in [0.3, 0.4) is 0 Å². The molecule has 0 heterocycles. The highest BCUT2D eigenvalue weighted by molar-refractivity contribution is 5.67. The van der Waals surface area contributed by atoms with E-state index >= 15 is 0 Å². The molecule has 2 rings (SSSR count). The smallest absolute Gasteiger partial charge is 0.407 e. The number of nitrogens with one attached hydrogen (secondary N) is 1. The van der Waals surface area contributed by atoms with Crippen LogP contribution in [-0.4, -0.2) is 12.6 Å². The highest BCUT2D eigenvalue weighted by Crippen LogP contribution is 2.13. The van der Waals surface area contributed by atoms with Crippen molar-refractivity contribution >= 4 is 6.09 Å². The van der Waals surface area contributed by atoms with Crippen LogP contribution in [0.1, 0.15) is 17.5 Å². The van der Waals surface area contributed by atoms with Crippen LogP contribution < -0.4 is 5.32 Å². The molecule has 0 fully saturated rings. The number of hydrogen-bond donors (Lipinski definition) is 1. The molecule has 0 atom stereocenters. The fourth-order valence-corrected chi connectivity index (χ4v) is 1.81. The van der Waals surface area contributed by atoms with Gasteiger partial charge in [-0.1, -0.05) is 42.2 Å². The van der Waals surface area contributed by atoms with Gasteiger partial charge in [0.1, 0.15) is 12.4 Å². The number of hydrogen-bond acceptors (Lipinski definition) is 2. The lowest BCUT2D eigenvalue weighted by molar-refractivity contribution is 0.140. The summed E-state index contributed by atoms with van der Waals surface area (Å²) >= 11 is 0. The van der Waals surface area contributed by atoms with Crippen LogP contribution in [0.15, 0.2) is 42.5 Å². The number of alkyl carbamates (subject to hydrolysis) is 1. The second-order valence-electron chi connectivity index (χ2n) is 4.79. The molecule has 1 amide bonds. The van der Waals surface area contributed by atoms with Gasteiger partial charge in [0.25, 0.3) is 0 Å². The Kier molecular flexibility index (Phi) is 6.26. The quantitative estimate of drug-likeness (QED) is 0.525. The summed E-state index contributed by atoms with van der Waals surface area (Å²) in [6, 6.07) is 10.4. The first-order valence-corrected chi connectivity index (χ1v) is 7.14. The first-order chi connectivity index (χ1) is 11.6. The van der Waals surface area contributed by atoms with Crippen LogP contribution in [-0.2, 0) is 11.3 Å². The number of carbonyl (C=O) groups excluding carboxylic acids is 1. The summed E-state index contributed by atoms with van der Waals surface area (Å²) in [5, 5.41) is 2.47. The summed E-state index contributed by atoms with van der Waals surface area (Å²) in [5.74, 6) is 1.47. The third kappa shape index (κ3) is 5.36. The van der Waals surface area contributed by atoms with Gasteiger partial charge < -0.3 is 10.1 Å². The lowest BCUT2D eigenvalue weighted by Gasteiger charge is -2.05. The summed E-state index contributed by atoms with van der Waals surface area (Å²) in [7, 11) is 0. The van der Waals surface area contributed by atoms with E-state index in [1.54, 1.807) is 0 Å². The molecule has 0 bridgehead atoms. The number of benzene rings is 2. The molecule has 0 radical (unpaired) electrons. The molecule has 0 unspecified atom stereocenters. The van der Waals surface area contributed by atoms with Gasteiger partial charge in [0, 0.05) is 19.0 Å². The van der Waals surface area contributed by atoms with Crippen molar-refractivity contribution in [2.75, 3.05) is 6.54 Å². The average molecular weight is 333 g/mol. The van der Waals surface area contributed by atoms with E-state index in [1.807, 2.05) is 30.3 Å². The Morgan fingerprint density at radius 3 is 2.62 bits per heavy atom. The predicted octanol–water partition coefficient (Wildman–Crippen LogP) is 3.77. The number of amides is 1. The van der Waals surface area contributed by atoms with Gasteiger partial charge in [0.2, 0.25) is 0 Å². The predicted molar refractivity (Wildman–Crippen MR) is 82.4 cm³/mol. The molecule has 24 heavy (non-hydrogen) atoms. The van der Waals surface area contributed by atoms with Gasteiger partial charge in [0.05, 0.1) is 5.56 Å². The van der Waals surface area contributed by atoms with Gasteiger partial charge in [0.15, 0.2) is 11.6 Å². The van der Waals surface area contributed by atoms with E-state index in [1.165, 1.54) is 0 Å². The topological polar surface area (TPSA) is 38.3 Å². The van der Waals surface area contributed by atoms with E-state index in [9.17, 15) is 18.0 Å². The fraction of sp³-hybridized carbons (Fsp3) is 0.167. The highest BCUT2D eigenvalue weighted by atomic mass is 19.2. The summed E-state index contributed by atoms with van der Waals surface area (Å²) in [6.45, 7) is 0.312. The van der Waals surface area contributed by atoms with Crippen LogP contribution in [0.5, 0.6) is 0 Å². The van der Waals surface area contributed by atoms with Crippen molar-refractivity contribution in [2.45, 2.75) is 13.0 Å². The monoisotopic (exact) mass is 333 g/mol. The Labute approximate surface area is 137 Å². The minimum absolute atomic E-state index is 0.145. The van der Waals surface area contributed by atoms with Crippen molar-refractivity contribution in [3.63, 3.8) is 0 Å². The van der Waals surface area contributed by atoms with Crippen LogP contribution in [0.4, 0.5) is 18.0 Å². The minimum Gasteiger partial charge on any atom is -0.445 e. The summed E-state index contributed by atoms with van der Waals surface area (Å²) in [5.41, 5.74) is 0.496. The molecular weight excluding hydrogens is 319 g/mol. The van der Waals surface area contributed by atoms with Gasteiger partial charge in [-0.15, -0.1) is 0 Å². The zero-order chi connectivity index (χ0) is 17.4. The molecule has 0 aromatic heterocycles. The number of carbonyl (C=O) groups is 1. The van der Waals surface area contributed by atoms with E-state index in [2.05, 4.69) is 17.2 Å². The van der Waals surface area contributed by atoms with Gasteiger partial charge in [-0.05, 0) is 11.6 Å². The average Bonchev–Trinajstić information content (AvgIpc) is 2.57. The van der Waals surface area contributed by atoms with Gasteiger partial charge in [-0.2, -0.15) is 0 Å². The molecule has 2 aromatic rings. The van der Waals surface area contributed by atoms with Crippen LogP contribution in [0.25, 0.3) is 0 Å². The van der Waals surface area contributed by atoms with Gasteiger partial charge in [-0.25, -0.2) is 18.0 Å². The van der Waals surface area contributed by atoms with Crippen molar-refractivity contribution in [1.82, 2.24) is 5.32 Å². The number of rotatable bonds is 4. The molecule has 3 nitrogen and oxygen atoms in total. The third-order valence-corrected chi connectivity index (χ3v) is 2.95. The molecule has 0 aliphatic carbocycles. The minimum atomic E-state index is -1.29. The van der Waals surface area contributed by atoms with E-state index in [-0.39, 0.29) is 25.1 Å². The maximum atomic E-state index is 13.3. The second kappa shape index (κ2) is 8.63. The molecule has 0 aliphatic heterocycles. The van der Waals surface area contributed by atoms with Crippen molar-refractivity contribution in [3.05, 3.63) is 71.0 Å². The first-order valence-electron chi connectivity index (χ1n) is 7.14. The summed E-state index contributed by atoms with van der Waals surface area (Å²) in [6.07, 6.45) is -0.429. The fourth-order valence-electron chi connectivity index (χ4n) is 1.81. The summed E-state index contributed by atoms with van der Waals surface area (Å²) < 4.78 is 44.3. The van der Waals surface area contributed by atoms with Crippen molar-refractivity contribution < 1.29 is 22.7 Å². The van der Waals surface area contributed by atoms with Crippen LogP contribution >= 0.6 is 0 Å². The Morgan fingerprint density at radius 1 is 1.12 bits per heavy atom. The van der Waals surface area contributed by atoms with E-state index in [4.69, 9.17) is 4.74 Å². The van der Waals surface area contributed by atoms with Crippen LogP contribution in [0, 0.1) is 29.3 Å². The first kappa shape index (κ1) is 17.4. The normalized spacial score (nSPS) is 9.79. The Morgan fingerprint density at radius 2 is 1.88 bits per heavy atom. The van der Waals surface area contributed by atoms with Crippen molar-refractivity contribution in [1.29, 1.82) is 0 Å². The highest BCUT2D eigenvalue weighted by Gasteiger charge is 2.08. The molecule has 1 N–H and O–H groups in total.